The zero-order valence-electron chi connectivity index (χ0n) is 15.6. The summed E-state index contributed by atoms with van der Waals surface area (Å²) in [5.74, 6) is 0.978. The molecule has 2 heterocycles. The Hall–Kier alpha value is -2.53. The number of rotatable bonds is 2. The van der Waals surface area contributed by atoms with E-state index in [9.17, 15) is 9.90 Å². The third kappa shape index (κ3) is 1.79. The summed E-state index contributed by atoms with van der Waals surface area (Å²) in [5, 5.41) is 13.9. The third-order valence-electron chi connectivity index (χ3n) is 7.70. The molecule has 0 aromatic heterocycles. The van der Waals surface area contributed by atoms with Gasteiger partial charge < -0.3 is 19.9 Å². The Morgan fingerprint density at radius 2 is 1.93 bits per heavy atom. The molecule has 2 bridgehead atoms. The van der Waals surface area contributed by atoms with Crippen molar-refractivity contribution in [1.82, 2.24) is 5.32 Å². The SMILES string of the molecule is O=C(O)C12CNCC1C1(c3ccc4c(c3)OCCO4)CCC2c2ccccc21. The van der Waals surface area contributed by atoms with Crippen molar-refractivity contribution in [2.24, 2.45) is 11.3 Å². The molecule has 0 radical (unpaired) electrons. The van der Waals surface area contributed by atoms with Crippen LogP contribution in [0.3, 0.4) is 0 Å². The van der Waals surface area contributed by atoms with E-state index in [1.807, 2.05) is 12.1 Å². The quantitative estimate of drug-likeness (QED) is 0.842. The van der Waals surface area contributed by atoms with Gasteiger partial charge in [-0.25, -0.2) is 0 Å². The second-order valence-corrected chi connectivity index (χ2v) is 8.54. The molecule has 2 aliphatic heterocycles. The number of hydrogen-bond donors (Lipinski definition) is 2. The highest BCUT2D eigenvalue weighted by atomic mass is 16.6. The third-order valence-corrected chi connectivity index (χ3v) is 7.70. The summed E-state index contributed by atoms with van der Waals surface area (Å²) in [6.07, 6.45) is 1.87. The molecule has 2 aromatic rings. The van der Waals surface area contributed by atoms with Gasteiger partial charge in [0.1, 0.15) is 13.2 Å². The van der Waals surface area contributed by atoms with E-state index < -0.39 is 11.4 Å². The molecule has 0 spiro atoms. The van der Waals surface area contributed by atoms with Crippen LogP contribution in [0.1, 0.15) is 35.4 Å². The minimum absolute atomic E-state index is 0.0220. The number of carboxylic acid groups (broad SMARTS) is 1. The summed E-state index contributed by atoms with van der Waals surface area (Å²) in [6, 6.07) is 14.7. The molecule has 5 heteroatoms. The van der Waals surface area contributed by atoms with E-state index in [1.54, 1.807) is 0 Å². The molecule has 0 amide bonds. The summed E-state index contributed by atoms with van der Waals surface area (Å²) >= 11 is 0. The first-order valence-electron chi connectivity index (χ1n) is 10.1. The second kappa shape index (κ2) is 5.51. The molecule has 7 rings (SSSR count). The van der Waals surface area contributed by atoms with E-state index >= 15 is 0 Å². The Morgan fingerprint density at radius 3 is 2.79 bits per heavy atom. The second-order valence-electron chi connectivity index (χ2n) is 8.54. The number of nitrogens with one attached hydrogen (secondary N) is 1. The van der Waals surface area contributed by atoms with Crippen molar-refractivity contribution in [3.63, 3.8) is 0 Å². The van der Waals surface area contributed by atoms with E-state index in [0.717, 1.165) is 36.4 Å². The van der Waals surface area contributed by atoms with Gasteiger partial charge in [0.2, 0.25) is 0 Å². The molecular weight excluding hydrogens is 354 g/mol. The van der Waals surface area contributed by atoms with Gasteiger partial charge in [0, 0.05) is 30.3 Å². The van der Waals surface area contributed by atoms with Gasteiger partial charge in [-0.1, -0.05) is 30.3 Å². The van der Waals surface area contributed by atoms with Crippen molar-refractivity contribution in [3.05, 3.63) is 59.2 Å². The van der Waals surface area contributed by atoms with Crippen molar-refractivity contribution in [1.29, 1.82) is 0 Å². The summed E-state index contributed by atoms with van der Waals surface area (Å²) < 4.78 is 11.6. The zero-order chi connectivity index (χ0) is 18.9. The largest absolute Gasteiger partial charge is 0.486 e. The molecular formula is C23H23NO4. The van der Waals surface area contributed by atoms with E-state index in [-0.39, 0.29) is 17.3 Å². The highest BCUT2D eigenvalue weighted by molar-refractivity contribution is 5.80. The van der Waals surface area contributed by atoms with E-state index in [2.05, 4.69) is 35.6 Å². The van der Waals surface area contributed by atoms with Crippen LogP contribution < -0.4 is 14.8 Å². The Balaban J connectivity index is 1.64. The Labute approximate surface area is 163 Å². The molecule has 5 nitrogen and oxygen atoms in total. The zero-order valence-corrected chi connectivity index (χ0v) is 15.6. The molecule has 2 aromatic carbocycles. The summed E-state index contributed by atoms with van der Waals surface area (Å²) in [6.45, 7) is 2.38. The lowest BCUT2D eigenvalue weighted by molar-refractivity contribution is -0.157. The van der Waals surface area contributed by atoms with Crippen molar-refractivity contribution in [2.75, 3.05) is 26.3 Å². The lowest BCUT2D eigenvalue weighted by Crippen LogP contribution is -2.60. The van der Waals surface area contributed by atoms with Crippen LogP contribution in [0.5, 0.6) is 11.5 Å². The highest BCUT2D eigenvalue weighted by Gasteiger charge is 2.69. The van der Waals surface area contributed by atoms with Gasteiger partial charge in [-0.05, 0) is 41.7 Å². The van der Waals surface area contributed by atoms with Gasteiger partial charge in [-0.3, -0.25) is 4.79 Å². The number of aliphatic carboxylic acids is 1. The van der Waals surface area contributed by atoms with Crippen LogP contribution in [0, 0.1) is 11.3 Å². The Bertz CT molecular complexity index is 988. The lowest BCUT2D eigenvalue weighted by atomic mass is 9.42. The fourth-order valence-electron chi connectivity index (χ4n) is 6.67. The van der Waals surface area contributed by atoms with Crippen molar-refractivity contribution < 1.29 is 19.4 Å². The monoisotopic (exact) mass is 377 g/mol. The minimum Gasteiger partial charge on any atom is -0.486 e. The van der Waals surface area contributed by atoms with Crippen molar-refractivity contribution in [2.45, 2.75) is 24.2 Å². The molecule has 5 aliphatic rings. The highest BCUT2D eigenvalue weighted by Crippen LogP contribution is 2.68. The van der Waals surface area contributed by atoms with Crippen molar-refractivity contribution >= 4 is 5.97 Å². The fraction of sp³-hybridized carbons (Fsp3) is 0.435. The molecule has 4 unspecified atom stereocenters. The van der Waals surface area contributed by atoms with Gasteiger partial charge >= 0.3 is 5.97 Å². The van der Waals surface area contributed by atoms with E-state index in [0.29, 0.717) is 19.8 Å². The molecule has 3 aliphatic carbocycles. The maximum Gasteiger partial charge on any atom is 0.311 e. The normalized spacial score (nSPS) is 34.6. The molecule has 1 saturated carbocycles. The van der Waals surface area contributed by atoms with Crippen LogP contribution in [0.15, 0.2) is 42.5 Å². The predicted octanol–water partition coefficient (Wildman–Crippen LogP) is 2.93. The average molecular weight is 377 g/mol. The van der Waals surface area contributed by atoms with Crippen LogP contribution >= 0.6 is 0 Å². The molecule has 2 N–H and O–H groups in total. The number of hydrogen-bond acceptors (Lipinski definition) is 4. The van der Waals surface area contributed by atoms with E-state index in [4.69, 9.17) is 9.47 Å². The van der Waals surface area contributed by atoms with Gasteiger partial charge in [-0.2, -0.15) is 0 Å². The van der Waals surface area contributed by atoms with Gasteiger partial charge in [0.25, 0.3) is 0 Å². The topological polar surface area (TPSA) is 67.8 Å². The number of ether oxygens (including phenoxy) is 2. The van der Waals surface area contributed by atoms with E-state index in [1.165, 1.54) is 11.1 Å². The first-order valence-corrected chi connectivity index (χ1v) is 10.1. The smallest absolute Gasteiger partial charge is 0.311 e. The maximum absolute atomic E-state index is 12.7. The first-order chi connectivity index (χ1) is 13.7. The Kier molecular flexibility index (Phi) is 3.23. The molecule has 2 fully saturated rings. The lowest BCUT2D eigenvalue weighted by Gasteiger charge is -2.59. The number of fused-ring (bicyclic) bond motifs is 2. The van der Waals surface area contributed by atoms with Gasteiger partial charge in [0.15, 0.2) is 11.5 Å². The van der Waals surface area contributed by atoms with Crippen molar-refractivity contribution in [3.8, 4) is 11.5 Å². The summed E-state index contributed by atoms with van der Waals surface area (Å²) in [7, 11) is 0. The predicted molar refractivity (Wildman–Crippen MR) is 103 cm³/mol. The van der Waals surface area contributed by atoms with Crippen LogP contribution in [0.25, 0.3) is 0 Å². The fourth-order valence-corrected chi connectivity index (χ4v) is 6.67. The Morgan fingerprint density at radius 1 is 1.11 bits per heavy atom. The molecule has 144 valence electrons. The molecule has 1 saturated heterocycles. The number of benzene rings is 2. The van der Waals surface area contributed by atoms with Crippen LogP contribution in [-0.4, -0.2) is 37.4 Å². The van der Waals surface area contributed by atoms with Gasteiger partial charge in [-0.15, -0.1) is 0 Å². The number of carbonyl (C=O) groups is 1. The summed E-state index contributed by atoms with van der Waals surface area (Å²) in [5.41, 5.74) is 2.60. The van der Waals surface area contributed by atoms with Crippen LogP contribution in [0.2, 0.25) is 0 Å². The summed E-state index contributed by atoms with van der Waals surface area (Å²) in [4.78, 5) is 12.7. The standard InChI is InChI=1S/C23H23NO4/c25-21(26)23-13-24-12-20(23)22(8-7-17(23)15-3-1-2-4-16(15)22)14-5-6-18-19(11-14)28-10-9-27-18/h1-6,11,17,20,24H,7-10,12-13H2,(H,25,26). The van der Waals surface area contributed by atoms with Crippen LogP contribution in [0.4, 0.5) is 0 Å². The number of carboxylic acids is 1. The molecule has 28 heavy (non-hydrogen) atoms. The first kappa shape index (κ1) is 16.4. The maximum atomic E-state index is 12.7. The van der Waals surface area contributed by atoms with Gasteiger partial charge in [0.05, 0.1) is 5.41 Å². The minimum atomic E-state index is -0.750. The average Bonchev–Trinajstić information content (AvgIpc) is 3.22. The molecule has 4 atom stereocenters. The van der Waals surface area contributed by atoms with Crippen LogP contribution in [-0.2, 0) is 10.2 Å².